The number of hydrogen-bond acceptors (Lipinski definition) is 2. The normalized spacial score (nSPS) is 17.4. The summed E-state index contributed by atoms with van der Waals surface area (Å²) >= 11 is 4.27. The van der Waals surface area contributed by atoms with Gasteiger partial charge < -0.3 is 4.72 Å². The molecule has 0 heterocycles. The SMILES string of the molecule is SNc1c2c(cc3c1CCC3)C=CCC2. The smallest absolute Gasteiger partial charge is 0.0511 e. The van der Waals surface area contributed by atoms with E-state index in [0.717, 1.165) is 12.8 Å². The first-order valence-electron chi connectivity index (χ1n) is 5.64. The summed E-state index contributed by atoms with van der Waals surface area (Å²) in [6.07, 6.45) is 10.6. The Kier molecular flexibility index (Phi) is 2.24. The minimum absolute atomic E-state index is 1.15. The summed E-state index contributed by atoms with van der Waals surface area (Å²) in [6.45, 7) is 0. The maximum Gasteiger partial charge on any atom is 0.0511 e. The summed E-state index contributed by atoms with van der Waals surface area (Å²) in [7, 11) is 0. The molecule has 2 aliphatic rings. The fourth-order valence-electron chi connectivity index (χ4n) is 2.80. The van der Waals surface area contributed by atoms with Crippen LogP contribution in [0.3, 0.4) is 0 Å². The van der Waals surface area contributed by atoms with E-state index in [9.17, 15) is 0 Å². The summed E-state index contributed by atoms with van der Waals surface area (Å²) in [5.74, 6) is 0. The van der Waals surface area contributed by atoms with Gasteiger partial charge in [0, 0.05) is 0 Å². The average Bonchev–Trinajstić information content (AvgIpc) is 2.73. The van der Waals surface area contributed by atoms with Gasteiger partial charge in [-0.15, -0.1) is 0 Å². The Bertz CT molecular complexity index is 435. The van der Waals surface area contributed by atoms with Gasteiger partial charge in [0.2, 0.25) is 0 Å². The lowest BCUT2D eigenvalue weighted by Gasteiger charge is -2.19. The lowest BCUT2D eigenvalue weighted by Crippen LogP contribution is -2.03. The van der Waals surface area contributed by atoms with Gasteiger partial charge in [0.05, 0.1) is 5.69 Å². The first-order chi connectivity index (χ1) is 7.40. The second-order valence-corrected chi connectivity index (χ2v) is 4.59. The Morgan fingerprint density at radius 1 is 1.13 bits per heavy atom. The molecule has 0 saturated heterocycles. The van der Waals surface area contributed by atoms with Crippen LogP contribution in [0.25, 0.3) is 6.08 Å². The highest BCUT2D eigenvalue weighted by atomic mass is 32.1. The van der Waals surface area contributed by atoms with Crippen molar-refractivity contribution in [1.29, 1.82) is 0 Å². The minimum Gasteiger partial charge on any atom is -0.332 e. The van der Waals surface area contributed by atoms with Gasteiger partial charge in [0.15, 0.2) is 0 Å². The quantitative estimate of drug-likeness (QED) is 0.687. The predicted octanol–water partition coefficient (Wildman–Crippen LogP) is 3.39. The number of aryl methyl sites for hydroxylation is 1. The molecule has 78 valence electrons. The predicted molar refractivity (Wildman–Crippen MR) is 68.4 cm³/mol. The molecule has 1 aromatic carbocycles. The molecular formula is C13H15NS. The lowest BCUT2D eigenvalue weighted by molar-refractivity contribution is 0.912. The van der Waals surface area contributed by atoms with Crippen molar-refractivity contribution in [3.63, 3.8) is 0 Å². The van der Waals surface area contributed by atoms with Gasteiger partial charge in [-0.1, -0.05) is 31.0 Å². The zero-order valence-electron chi connectivity index (χ0n) is 8.71. The van der Waals surface area contributed by atoms with E-state index in [1.54, 1.807) is 0 Å². The molecule has 0 saturated carbocycles. The molecule has 15 heavy (non-hydrogen) atoms. The zero-order valence-corrected chi connectivity index (χ0v) is 9.61. The molecule has 2 aliphatic carbocycles. The second-order valence-electron chi connectivity index (χ2n) is 4.36. The molecular weight excluding hydrogens is 202 g/mol. The van der Waals surface area contributed by atoms with E-state index in [-0.39, 0.29) is 0 Å². The third-order valence-electron chi connectivity index (χ3n) is 3.51. The molecule has 1 N–H and O–H groups in total. The van der Waals surface area contributed by atoms with E-state index < -0.39 is 0 Å². The summed E-state index contributed by atoms with van der Waals surface area (Å²) in [6, 6.07) is 2.38. The standard InChI is InChI=1S/C13H15NS/c15-14-13-11-6-2-1-4-9(11)8-10-5-3-7-12(10)13/h1,4,8,14-15H,2-3,5-7H2. The first kappa shape index (κ1) is 9.34. The van der Waals surface area contributed by atoms with E-state index in [1.807, 2.05) is 0 Å². The molecule has 0 bridgehead atoms. The van der Waals surface area contributed by atoms with Crippen molar-refractivity contribution in [2.75, 3.05) is 4.72 Å². The number of thiol groups is 1. The van der Waals surface area contributed by atoms with Crippen molar-refractivity contribution in [3.05, 3.63) is 34.4 Å². The van der Waals surface area contributed by atoms with Crippen LogP contribution in [0.4, 0.5) is 5.69 Å². The highest BCUT2D eigenvalue weighted by molar-refractivity contribution is 7.81. The number of anilines is 1. The minimum atomic E-state index is 1.15. The van der Waals surface area contributed by atoms with Crippen LogP contribution in [-0.2, 0) is 19.3 Å². The summed E-state index contributed by atoms with van der Waals surface area (Å²) in [5.41, 5.74) is 7.20. The molecule has 0 aliphatic heterocycles. The topological polar surface area (TPSA) is 12.0 Å². The van der Waals surface area contributed by atoms with Crippen LogP contribution in [0.5, 0.6) is 0 Å². The molecule has 0 spiro atoms. The number of nitrogens with one attached hydrogen (secondary N) is 1. The molecule has 0 radical (unpaired) electrons. The van der Waals surface area contributed by atoms with Crippen molar-refractivity contribution in [1.82, 2.24) is 0 Å². The third kappa shape index (κ3) is 1.39. The van der Waals surface area contributed by atoms with Crippen molar-refractivity contribution < 1.29 is 0 Å². The van der Waals surface area contributed by atoms with Crippen LogP contribution in [0, 0.1) is 0 Å². The van der Waals surface area contributed by atoms with E-state index in [1.165, 1.54) is 47.2 Å². The number of fused-ring (bicyclic) bond motifs is 2. The van der Waals surface area contributed by atoms with Gasteiger partial charge in [0.25, 0.3) is 0 Å². The number of rotatable bonds is 1. The Hall–Kier alpha value is -0.890. The largest absolute Gasteiger partial charge is 0.332 e. The number of allylic oxidation sites excluding steroid dienone is 1. The van der Waals surface area contributed by atoms with Crippen molar-refractivity contribution in [2.45, 2.75) is 32.1 Å². The highest BCUT2D eigenvalue weighted by Gasteiger charge is 2.20. The Morgan fingerprint density at radius 2 is 2.07 bits per heavy atom. The number of benzene rings is 1. The average molecular weight is 217 g/mol. The van der Waals surface area contributed by atoms with Crippen LogP contribution >= 0.6 is 12.8 Å². The van der Waals surface area contributed by atoms with E-state index in [4.69, 9.17) is 0 Å². The molecule has 0 aromatic heterocycles. The van der Waals surface area contributed by atoms with Gasteiger partial charge in [-0.3, -0.25) is 0 Å². The molecule has 0 unspecified atom stereocenters. The van der Waals surface area contributed by atoms with Gasteiger partial charge in [0.1, 0.15) is 0 Å². The van der Waals surface area contributed by atoms with Crippen LogP contribution in [0.2, 0.25) is 0 Å². The van der Waals surface area contributed by atoms with Gasteiger partial charge >= 0.3 is 0 Å². The monoisotopic (exact) mass is 217 g/mol. The molecule has 3 rings (SSSR count). The molecule has 0 atom stereocenters. The van der Waals surface area contributed by atoms with E-state index >= 15 is 0 Å². The zero-order chi connectivity index (χ0) is 10.3. The van der Waals surface area contributed by atoms with E-state index in [2.05, 4.69) is 35.8 Å². The van der Waals surface area contributed by atoms with Crippen LogP contribution < -0.4 is 4.72 Å². The van der Waals surface area contributed by atoms with Gasteiger partial charge in [-0.05, 0) is 54.4 Å². The lowest BCUT2D eigenvalue weighted by atomic mass is 9.91. The van der Waals surface area contributed by atoms with Gasteiger partial charge in [-0.25, -0.2) is 0 Å². The summed E-state index contributed by atoms with van der Waals surface area (Å²) < 4.78 is 3.12. The van der Waals surface area contributed by atoms with Crippen LogP contribution in [-0.4, -0.2) is 0 Å². The van der Waals surface area contributed by atoms with Crippen LogP contribution in [0.15, 0.2) is 12.1 Å². The Labute approximate surface area is 96.1 Å². The fraction of sp³-hybridized carbons (Fsp3) is 0.385. The van der Waals surface area contributed by atoms with Crippen molar-refractivity contribution >= 4 is 24.6 Å². The van der Waals surface area contributed by atoms with Crippen LogP contribution in [0.1, 0.15) is 35.1 Å². The second kappa shape index (κ2) is 3.60. The fourth-order valence-corrected chi connectivity index (χ4v) is 3.07. The number of hydrogen-bond donors (Lipinski definition) is 2. The van der Waals surface area contributed by atoms with Crippen molar-refractivity contribution in [3.8, 4) is 0 Å². The molecule has 1 aromatic rings. The summed E-state index contributed by atoms with van der Waals surface area (Å²) in [4.78, 5) is 0. The maximum atomic E-state index is 4.27. The third-order valence-corrected chi connectivity index (χ3v) is 3.74. The highest BCUT2D eigenvalue weighted by Crippen LogP contribution is 2.37. The Morgan fingerprint density at radius 3 is 2.93 bits per heavy atom. The van der Waals surface area contributed by atoms with Crippen molar-refractivity contribution in [2.24, 2.45) is 0 Å². The Balaban J connectivity index is 2.25. The maximum absolute atomic E-state index is 4.27. The summed E-state index contributed by atoms with van der Waals surface area (Å²) in [5, 5.41) is 0. The van der Waals surface area contributed by atoms with Gasteiger partial charge in [-0.2, -0.15) is 0 Å². The molecule has 0 amide bonds. The molecule has 2 heteroatoms. The molecule has 0 fully saturated rings. The molecule has 1 nitrogen and oxygen atoms in total. The van der Waals surface area contributed by atoms with E-state index in [0.29, 0.717) is 0 Å². The first-order valence-corrected chi connectivity index (χ1v) is 6.09.